The van der Waals surface area contributed by atoms with Crippen LogP contribution in [0.5, 0.6) is 0 Å². The van der Waals surface area contributed by atoms with E-state index in [-0.39, 0.29) is 61.1 Å². The molecule has 3 heterocycles. The SMILES string of the molecule is C[C@]12CC[C@@H]3c4cc[c-]cc4CC[C@H]3[C@@H]1CCC2=O.C[C@]12CC[C@@H]3c4cc[c-]cc4CC[C@H]3[C@@H]1CCC2=O.O=[N+]([O-])c1ccccc1S(=O)(=O)[N-]c1ccccc1-c1ccccn1.O=[N+]([O-])c1ccccc1S(=O)(=O)[N-]c1ccccc1-c1ccccn1.[Ag+].[CH2-]CCN(C)C.[Ni+2].[Ni][Br].c1ccncc1. The summed E-state index contributed by atoms with van der Waals surface area (Å²) in [5.74, 6) is 5.31. The van der Waals surface area contributed by atoms with E-state index >= 15 is 0 Å². The van der Waals surface area contributed by atoms with Crippen molar-refractivity contribution in [1.29, 1.82) is 0 Å². The molecule has 6 aromatic carbocycles. The van der Waals surface area contributed by atoms with Crippen LogP contribution in [0.3, 0.4) is 0 Å². The van der Waals surface area contributed by atoms with Gasteiger partial charge in [0.1, 0.15) is 41.4 Å². The number of aromatic nitrogens is 3. The Labute approximate surface area is 652 Å². The monoisotopic (exact) mass is 1680 g/mol. The van der Waals surface area contributed by atoms with Crippen LogP contribution in [0.15, 0.2) is 223 Å². The van der Waals surface area contributed by atoms with Crippen molar-refractivity contribution < 1.29 is 88.8 Å². The fourth-order valence-corrected chi connectivity index (χ4v) is 18.0. The number of sulfonamides is 2. The minimum Gasteiger partial charge on any atom is -0.265 e. The van der Waals surface area contributed by atoms with Gasteiger partial charge >= 0.3 is 66.8 Å². The van der Waals surface area contributed by atoms with Gasteiger partial charge in [0.25, 0.3) is 11.4 Å². The molecule has 104 heavy (non-hydrogen) atoms. The van der Waals surface area contributed by atoms with Gasteiger partial charge in [-0.15, -0.1) is 11.4 Å². The second kappa shape index (κ2) is 39.3. The predicted molar refractivity (Wildman–Crippen MR) is 397 cm³/mol. The minimum absolute atomic E-state index is 0. The Hall–Kier alpha value is -7.42. The number of pyridine rings is 3. The van der Waals surface area contributed by atoms with Gasteiger partial charge in [-0.3, -0.25) is 44.8 Å². The van der Waals surface area contributed by atoms with Gasteiger partial charge in [-0.1, -0.05) is 131 Å². The van der Waals surface area contributed by atoms with Gasteiger partial charge in [-0.2, -0.15) is 77.2 Å². The van der Waals surface area contributed by atoms with Crippen molar-refractivity contribution >= 4 is 68.6 Å². The molecule has 0 spiro atoms. The molecule has 0 N–H and O–H groups in total. The Kier molecular flexibility index (Phi) is 31.6. The summed E-state index contributed by atoms with van der Waals surface area (Å²) in [4.78, 5) is 58.6. The summed E-state index contributed by atoms with van der Waals surface area (Å²) in [5.41, 5.74) is 7.64. The summed E-state index contributed by atoms with van der Waals surface area (Å²) in [6, 6.07) is 59.1. The third-order valence-electron chi connectivity index (χ3n) is 20.5. The molecule has 8 atom stereocenters. The normalized spacial score (nSPS) is 21.2. The number of carbonyl (C=O) groups excluding carboxylic acids is 2. The second-order valence-corrected chi connectivity index (χ2v) is 29.8. The van der Waals surface area contributed by atoms with Gasteiger partial charge in [0.15, 0.2) is 0 Å². The van der Waals surface area contributed by atoms with Crippen molar-refractivity contribution in [3.05, 3.63) is 284 Å². The van der Waals surface area contributed by atoms with Crippen molar-refractivity contribution in [2.45, 2.75) is 119 Å². The average molecular weight is 1690 g/mol. The topological polar surface area (TPSA) is 259 Å². The number of ketones is 2. The van der Waals surface area contributed by atoms with Crippen LogP contribution in [-0.4, -0.2) is 78.7 Å². The number of nitrogens with zero attached hydrogens (tertiary/aromatic N) is 8. The van der Waals surface area contributed by atoms with Crippen molar-refractivity contribution in [2.24, 2.45) is 34.5 Å². The number of fused-ring (bicyclic) bond motifs is 10. The average Bonchev–Trinajstić information content (AvgIpc) is 1.50. The summed E-state index contributed by atoms with van der Waals surface area (Å²) in [5, 5.41) is 22.2. The molecule has 15 rings (SSSR count). The third kappa shape index (κ3) is 20.4. The first-order chi connectivity index (χ1) is 49.1. The van der Waals surface area contributed by atoms with Gasteiger partial charge in [-0.05, 0) is 154 Å². The zero-order chi connectivity index (χ0) is 73.0. The van der Waals surface area contributed by atoms with Crippen LogP contribution in [0, 0.1) is 73.8 Å². The molecule has 4 saturated carbocycles. The Bertz CT molecular complexity index is 4270. The molecule has 0 unspecified atom stereocenters. The molecule has 0 amide bonds. The Morgan fingerprint density at radius 2 is 0.933 bits per heavy atom. The van der Waals surface area contributed by atoms with Crippen LogP contribution in [-0.2, 0) is 95.0 Å². The number of para-hydroxylation sites is 2. The Morgan fingerprint density at radius 3 is 1.28 bits per heavy atom. The number of nitro groups is 2. The molecule has 3 aromatic heterocycles. The first-order valence-electron chi connectivity index (χ1n) is 34.0. The first kappa shape index (κ1) is 83.8. The van der Waals surface area contributed by atoms with Crippen LogP contribution >= 0.6 is 14.2 Å². The number of Topliss-reactive ketones (excluding diaryl/α,β-unsaturated/α-hetero) is 2. The Morgan fingerprint density at radius 1 is 0.548 bits per heavy atom. The summed E-state index contributed by atoms with van der Waals surface area (Å²) >= 11 is 6.25. The van der Waals surface area contributed by atoms with E-state index < -0.39 is 51.1 Å². The van der Waals surface area contributed by atoms with E-state index in [1.165, 1.54) is 98.2 Å². The summed E-state index contributed by atoms with van der Waals surface area (Å²) in [6.45, 7) is 9.28. The second-order valence-electron chi connectivity index (χ2n) is 26.6. The number of rotatable bonds is 12. The van der Waals surface area contributed by atoms with Crippen LogP contribution in [0.2, 0.25) is 0 Å². The molecule has 0 radical (unpaired) electrons. The molecule has 6 aliphatic carbocycles. The van der Waals surface area contributed by atoms with Gasteiger partial charge in [0.05, 0.1) is 21.2 Å². The van der Waals surface area contributed by atoms with E-state index in [2.05, 4.69) is 127 Å². The summed E-state index contributed by atoms with van der Waals surface area (Å²) < 4.78 is 58.1. The van der Waals surface area contributed by atoms with Crippen LogP contribution in [0.4, 0.5) is 22.7 Å². The standard InChI is InChI=1S/2C18H21O.2C17H12N3O4S.C5H5N.C5H12N.Ag.BrH.2Ni/c2*1-18-11-10-14-13-5-3-2-4-12(13)6-7-15(14)16(18)8-9-17(18)19;2*21-20(22)16-10-3-4-11-17(16)25(23,24)19-15-9-2-1-7-13(15)14-8-5-6-12-18-14;1-2-4-6-5-3-1;1-4-5-6(2)3;;;;/h2*3-5,14-16H,6-11H2,1H3;2*1-12H;1-5H;1,4-5H2,2-3H3;;1H;;/q4*-1;;-1;+1;;+1;+2/p-1/t2*14-,15-,16+,18+;;;;;;;;/m11......../s1. The molecule has 555 valence electrons. The zero-order valence-corrected chi connectivity index (χ0v) is 64.7. The molecule has 6 aliphatic rings. The number of hydrogen-bond donors (Lipinski definition) is 0. The van der Waals surface area contributed by atoms with Crippen molar-refractivity contribution in [3.8, 4) is 22.5 Å². The fraction of sp³-hybridized carbons (Fsp3) is 0.325. The summed E-state index contributed by atoms with van der Waals surface area (Å²) in [6.07, 6.45) is 21.2. The van der Waals surface area contributed by atoms with E-state index in [4.69, 9.17) is 0 Å². The third-order valence-corrected chi connectivity index (χ3v) is 23.2. The van der Waals surface area contributed by atoms with Crippen LogP contribution in [0.1, 0.15) is 119 Å². The number of halogens is 1. The van der Waals surface area contributed by atoms with Crippen molar-refractivity contribution in [3.63, 3.8) is 0 Å². The minimum atomic E-state index is -4.26. The number of hydrogen-bond acceptors (Lipinski definition) is 14. The number of carbonyl (C=O) groups is 2. The van der Waals surface area contributed by atoms with Crippen LogP contribution in [0.25, 0.3) is 32.0 Å². The molecular formula is C80H83AgBrN8Ni2O10S2-2. The van der Waals surface area contributed by atoms with Gasteiger partial charge in [0, 0.05) is 60.6 Å². The molecule has 0 saturated heterocycles. The number of benzene rings is 6. The van der Waals surface area contributed by atoms with E-state index in [0.717, 1.165) is 75.5 Å². The molecule has 0 bridgehead atoms. The summed E-state index contributed by atoms with van der Waals surface area (Å²) in [7, 11) is -4.43. The van der Waals surface area contributed by atoms with Gasteiger partial charge in [0.2, 0.25) is 0 Å². The number of nitro benzene ring substituents is 2. The first-order valence-corrected chi connectivity index (χ1v) is 39.4. The molecule has 9 aromatic rings. The largest absolute Gasteiger partial charge is 0.265 e. The fourth-order valence-electron chi connectivity index (χ4n) is 15.7. The van der Waals surface area contributed by atoms with Gasteiger partial charge < -0.3 is 21.3 Å². The maximum Gasteiger partial charge on any atom is 0.0267 e. The van der Waals surface area contributed by atoms with Crippen molar-refractivity contribution in [1.82, 2.24) is 19.9 Å². The molecule has 4 fully saturated rings. The van der Waals surface area contributed by atoms with E-state index in [1.54, 1.807) is 109 Å². The van der Waals surface area contributed by atoms with E-state index in [9.17, 15) is 46.7 Å². The van der Waals surface area contributed by atoms with Crippen molar-refractivity contribution in [2.75, 3.05) is 20.6 Å². The van der Waals surface area contributed by atoms with Gasteiger partial charge in [-0.25, -0.2) is 16.8 Å². The van der Waals surface area contributed by atoms with E-state index in [0.29, 0.717) is 57.8 Å². The zero-order valence-electron chi connectivity index (χ0n) is 58.1. The molecule has 18 nitrogen and oxygen atoms in total. The maximum absolute atomic E-state index is 12.6. The molecule has 24 heteroatoms. The quantitative estimate of drug-likeness (QED) is 0.0477. The Balaban J connectivity index is 0.000000182. The maximum atomic E-state index is 12.6. The predicted octanol–water partition coefficient (Wildman–Crippen LogP) is 18.6. The van der Waals surface area contributed by atoms with Crippen LogP contribution < -0.4 is 0 Å². The smallest absolute Gasteiger partial charge is 0.0267 e. The number of aryl methyl sites for hydroxylation is 2. The molecular weight excluding hydrogens is 1600 g/mol. The van der Waals surface area contributed by atoms with E-state index in [1.807, 2.05) is 32.3 Å². The molecule has 0 aliphatic heterocycles.